The van der Waals surface area contributed by atoms with E-state index in [0.29, 0.717) is 5.69 Å². The molecule has 0 amide bonds. The number of fused-ring (bicyclic) bond motifs is 1. The van der Waals surface area contributed by atoms with Gasteiger partial charge in [-0.05, 0) is 50.2 Å². The maximum absolute atomic E-state index is 13.4. The average Bonchev–Trinajstić information content (AvgIpc) is 2.86. The van der Waals surface area contributed by atoms with Gasteiger partial charge >= 0.3 is 5.97 Å². The van der Waals surface area contributed by atoms with Crippen LogP contribution in [0.3, 0.4) is 0 Å². The van der Waals surface area contributed by atoms with E-state index in [1.807, 2.05) is 12.1 Å². The largest absolute Gasteiger partial charge is 0.478 e. The number of aromatic carboxylic acids is 1. The molecule has 3 aromatic rings. The average molecular weight is 456 g/mol. The number of nitrogens with zero attached hydrogens (tertiary/aromatic N) is 2. The first-order valence-electron chi connectivity index (χ1n) is 11.1. The highest BCUT2D eigenvalue weighted by Gasteiger charge is 2.39. The number of carboxylic acid groups (broad SMARTS) is 1. The number of ketones is 2. The molecule has 1 atom stereocenters. The van der Waals surface area contributed by atoms with Crippen molar-refractivity contribution >= 4 is 40.3 Å². The summed E-state index contributed by atoms with van der Waals surface area (Å²) in [6, 6.07) is 19.2. The molecule has 1 aliphatic rings. The van der Waals surface area contributed by atoms with Crippen LogP contribution < -0.4 is 10.2 Å². The molecule has 0 spiro atoms. The van der Waals surface area contributed by atoms with E-state index in [1.54, 1.807) is 54.6 Å². The second-order valence-electron chi connectivity index (χ2n) is 7.85. The fraction of sp³-hybridized carbons (Fsp3) is 0.185. The molecular weight excluding hydrogens is 430 g/mol. The number of hydrogen-bond donors (Lipinski definition) is 2. The lowest BCUT2D eigenvalue weighted by molar-refractivity contribution is 0.0697. The molecule has 0 saturated carbocycles. The number of aliphatic imine (C=N–C) groups is 1. The van der Waals surface area contributed by atoms with Gasteiger partial charge in [-0.3, -0.25) is 9.59 Å². The van der Waals surface area contributed by atoms with Crippen molar-refractivity contribution in [3.05, 3.63) is 89.5 Å². The standard InChI is InChI=1S/C27H25N3O4/c1-3-30(4-2)18-15-13-17(14-16-18)28-23-24(29-22-12-8-7-11-21(22)27(33)34)26(32)20-10-6-5-9-19(20)25(23)31/h5-16,24,29H,3-4H2,1-2H3,(H,33,34). The van der Waals surface area contributed by atoms with Crippen LogP contribution in [0.2, 0.25) is 0 Å². The van der Waals surface area contributed by atoms with Gasteiger partial charge in [0.05, 0.1) is 11.3 Å². The quantitative estimate of drug-likeness (QED) is 0.528. The fourth-order valence-corrected chi connectivity index (χ4v) is 4.11. The Labute approximate surface area is 197 Å². The minimum absolute atomic E-state index is 0.00420. The number of Topliss-reactive ketones (excluding diaryl/α,β-unsaturated/α-hetero) is 2. The molecule has 34 heavy (non-hydrogen) atoms. The molecule has 0 saturated heterocycles. The molecule has 2 N–H and O–H groups in total. The van der Waals surface area contributed by atoms with Gasteiger partial charge in [-0.1, -0.05) is 36.4 Å². The van der Waals surface area contributed by atoms with Gasteiger partial charge in [-0.25, -0.2) is 9.79 Å². The van der Waals surface area contributed by atoms with Crippen LogP contribution >= 0.6 is 0 Å². The summed E-state index contributed by atoms with van der Waals surface area (Å²) in [6.07, 6.45) is 0. The van der Waals surface area contributed by atoms with Crippen molar-refractivity contribution in [3.63, 3.8) is 0 Å². The lowest BCUT2D eigenvalue weighted by Gasteiger charge is -2.26. The third kappa shape index (κ3) is 4.32. The Hall–Kier alpha value is -4.26. The van der Waals surface area contributed by atoms with Crippen LogP contribution in [0.4, 0.5) is 17.1 Å². The fourth-order valence-electron chi connectivity index (χ4n) is 4.11. The summed E-state index contributed by atoms with van der Waals surface area (Å²) in [7, 11) is 0. The highest BCUT2D eigenvalue weighted by Crippen LogP contribution is 2.27. The summed E-state index contributed by atoms with van der Waals surface area (Å²) in [5.41, 5.74) is 2.42. The Balaban J connectivity index is 1.79. The van der Waals surface area contributed by atoms with E-state index in [9.17, 15) is 19.5 Å². The molecule has 7 nitrogen and oxygen atoms in total. The molecule has 7 heteroatoms. The monoisotopic (exact) mass is 455 g/mol. The number of carboxylic acids is 1. The third-order valence-corrected chi connectivity index (χ3v) is 5.89. The molecule has 3 aromatic carbocycles. The molecule has 172 valence electrons. The molecular formula is C27H25N3O4. The van der Waals surface area contributed by atoms with Crippen LogP contribution in [-0.4, -0.2) is 47.5 Å². The second-order valence-corrected chi connectivity index (χ2v) is 7.85. The number of anilines is 2. The minimum Gasteiger partial charge on any atom is -0.478 e. The Morgan fingerprint density at radius 1 is 0.912 bits per heavy atom. The third-order valence-electron chi connectivity index (χ3n) is 5.89. The number of para-hydroxylation sites is 1. The molecule has 0 bridgehead atoms. The summed E-state index contributed by atoms with van der Waals surface area (Å²) < 4.78 is 0. The molecule has 0 aliphatic heterocycles. The topological polar surface area (TPSA) is 99.1 Å². The summed E-state index contributed by atoms with van der Waals surface area (Å²) in [5.74, 6) is -1.84. The van der Waals surface area contributed by atoms with E-state index in [2.05, 4.69) is 29.1 Å². The molecule has 1 unspecified atom stereocenters. The van der Waals surface area contributed by atoms with Gasteiger partial charge in [0.25, 0.3) is 0 Å². The number of hydrogen-bond acceptors (Lipinski definition) is 6. The van der Waals surface area contributed by atoms with Gasteiger partial charge in [0.15, 0.2) is 5.78 Å². The van der Waals surface area contributed by atoms with Crippen molar-refractivity contribution < 1.29 is 19.5 Å². The summed E-state index contributed by atoms with van der Waals surface area (Å²) in [4.78, 5) is 45.3. The minimum atomic E-state index is -1.14. The van der Waals surface area contributed by atoms with E-state index >= 15 is 0 Å². The van der Waals surface area contributed by atoms with Crippen molar-refractivity contribution in [1.29, 1.82) is 0 Å². The van der Waals surface area contributed by atoms with E-state index in [4.69, 9.17) is 0 Å². The number of carbonyl (C=O) groups excluding carboxylic acids is 2. The zero-order valence-corrected chi connectivity index (χ0v) is 19.0. The van der Waals surface area contributed by atoms with Crippen molar-refractivity contribution in [2.24, 2.45) is 4.99 Å². The highest BCUT2D eigenvalue weighted by atomic mass is 16.4. The van der Waals surface area contributed by atoms with Gasteiger partial charge in [-0.15, -0.1) is 0 Å². The van der Waals surface area contributed by atoms with E-state index in [0.717, 1.165) is 18.8 Å². The number of rotatable bonds is 7. The lowest BCUT2D eigenvalue weighted by atomic mass is 9.84. The first-order valence-corrected chi connectivity index (χ1v) is 11.1. The SMILES string of the molecule is CCN(CC)c1ccc(N=C2C(=O)c3ccccc3C(=O)C2Nc2ccccc2C(=O)O)cc1. The van der Waals surface area contributed by atoms with Crippen molar-refractivity contribution in [3.8, 4) is 0 Å². The highest BCUT2D eigenvalue weighted by molar-refractivity contribution is 6.56. The summed E-state index contributed by atoms with van der Waals surface area (Å²) >= 11 is 0. The Morgan fingerprint density at radius 3 is 2.18 bits per heavy atom. The van der Waals surface area contributed by atoms with E-state index < -0.39 is 12.0 Å². The van der Waals surface area contributed by atoms with Crippen molar-refractivity contribution in [2.45, 2.75) is 19.9 Å². The van der Waals surface area contributed by atoms with Crippen LogP contribution in [0.15, 0.2) is 77.8 Å². The van der Waals surface area contributed by atoms with Crippen LogP contribution in [-0.2, 0) is 0 Å². The predicted molar refractivity (Wildman–Crippen MR) is 133 cm³/mol. The van der Waals surface area contributed by atoms with E-state index in [1.165, 1.54) is 6.07 Å². The number of benzene rings is 3. The van der Waals surface area contributed by atoms with Crippen LogP contribution in [0.1, 0.15) is 44.9 Å². The Morgan fingerprint density at radius 2 is 1.53 bits per heavy atom. The van der Waals surface area contributed by atoms with Crippen LogP contribution in [0.25, 0.3) is 0 Å². The van der Waals surface area contributed by atoms with Gasteiger partial charge in [0.2, 0.25) is 5.78 Å². The molecule has 0 aromatic heterocycles. The lowest BCUT2D eigenvalue weighted by Crippen LogP contribution is -2.46. The Kier molecular flexibility index (Phi) is 6.54. The van der Waals surface area contributed by atoms with E-state index in [-0.39, 0.29) is 39.7 Å². The van der Waals surface area contributed by atoms with Gasteiger partial charge in [-0.2, -0.15) is 0 Å². The first-order chi connectivity index (χ1) is 16.4. The zero-order chi connectivity index (χ0) is 24.2. The summed E-state index contributed by atoms with van der Waals surface area (Å²) in [6.45, 7) is 5.88. The molecule has 0 radical (unpaired) electrons. The first kappa shape index (κ1) is 22.9. The van der Waals surface area contributed by atoms with Gasteiger partial charge < -0.3 is 15.3 Å². The molecule has 1 aliphatic carbocycles. The predicted octanol–water partition coefficient (Wildman–Crippen LogP) is 4.86. The zero-order valence-electron chi connectivity index (χ0n) is 19.0. The molecule has 4 rings (SSSR count). The Bertz CT molecular complexity index is 1280. The maximum Gasteiger partial charge on any atom is 0.337 e. The second kappa shape index (κ2) is 9.70. The number of carbonyl (C=O) groups is 3. The van der Waals surface area contributed by atoms with Gasteiger partial charge in [0.1, 0.15) is 11.8 Å². The summed E-state index contributed by atoms with van der Waals surface area (Å²) in [5, 5.41) is 12.5. The smallest absolute Gasteiger partial charge is 0.337 e. The normalized spacial score (nSPS) is 16.3. The molecule has 0 fully saturated rings. The van der Waals surface area contributed by atoms with Crippen LogP contribution in [0, 0.1) is 0 Å². The number of nitrogens with one attached hydrogen (secondary N) is 1. The van der Waals surface area contributed by atoms with Crippen molar-refractivity contribution in [1.82, 2.24) is 0 Å². The van der Waals surface area contributed by atoms with Gasteiger partial charge in [0, 0.05) is 35.6 Å². The van der Waals surface area contributed by atoms with Crippen molar-refractivity contribution in [2.75, 3.05) is 23.3 Å². The van der Waals surface area contributed by atoms with Crippen LogP contribution in [0.5, 0.6) is 0 Å². The molecule has 0 heterocycles. The maximum atomic E-state index is 13.4.